The molecule has 1 aromatic rings. The summed E-state index contributed by atoms with van der Waals surface area (Å²) in [6.07, 6.45) is 6.73. The van der Waals surface area contributed by atoms with Gasteiger partial charge in [-0.1, -0.05) is 12.8 Å². The molecule has 0 N–H and O–H groups in total. The number of aromatic nitrogens is 3. The van der Waals surface area contributed by atoms with Crippen LogP contribution in [0.1, 0.15) is 56.3 Å². The Bertz CT molecular complexity index is 606. The molecular formula is C17H28N4O3. The van der Waals surface area contributed by atoms with Crippen LogP contribution in [-0.2, 0) is 16.5 Å². The van der Waals surface area contributed by atoms with Crippen molar-refractivity contribution in [1.82, 2.24) is 19.2 Å². The minimum atomic E-state index is -0.0620. The molecule has 134 valence electrons. The first-order valence-corrected chi connectivity index (χ1v) is 9.33. The van der Waals surface area contributed by atoms with Crippen LogP contribution in [0.2, 0.25) is 0 Å². The van der Waals surface area contributed by atoms with E-state index in [2.05, 4.69) is 10.00 Å². The number of ether oxygens (including phenoxy) is 2. The van der Waals surface area contributed by atoms with Crippen molar-refractivity contribution in [2.75, 3.05) is 32.8 Å². The Morgan fingerprint density at radius 2 is 1.75 bits per heavy atom. The Balaban J connectivity index is 1.43. The second-order valence-corrected chi connectivity index (χ2v) is 7.32. The van der Waals surface area contributed by atoms with Gasteiger partial charge in [-0.15, -0.1) is 0 Å². The molecule has 1 aliphatic carbocycles. The summed E-state index contributed by atoms with van der Waals surface area (Å²) in [7, 11) is 1.78. The fraction of sp³-hybridized carbons (Fsp3) is 0.882. The van der Waals surface area contributed by atoms with Crippen molar-refractivity contribution in [3.05, 3.63) is 16.3 Å². The standard InChI is InChI=1S/C17H28N4O3/c1-19-17(22)21(14-4-2-3-5-14)16(18-19)13-6-8-20(9-7-13)12-15-23-10-11-24-15/h13-15H,2-12H2,1H3. The zero-order valence-corrected chi connectivity index (χ0v) is 14.5. The molecule has 2 aliphatic heterocycles. The van der Waals surface area contributed by atoms with E-state index in [1.807, 2.05) is 4.57 Å². The van der Waals surface area contributed by atoms with E-state index >= 15 is 0 Å². The highest BCUT2D eigenvalue weighted by Crippen LogP contribution is 2.33. The molecule has 0 amide bonds. The first-order chi connectivity index (χ1) is 11.7. The van der Waals surface area contributed by atoms with Gasteiger partial charge in [-0.25, -0.2) is 9.48 Å². The average molecular weight is 336 g/mol. The van der Waals surface area contributed by atoms with Crippen LogP contribution in [0.25, 0.3) is 0 Å². The van der Waals surface area contributed by atoms with Gasteiger partial charge in [0, 0.05) is 25.6 Å². The molecule has 0 spiro atoms. The second kappa shape index (κ2) is 6.98. The minimum absolute atomic E-state index is 0.0620. The Hall–Kier alpha value is -1.18. The van der Waals surface area contributed by atoms with E-state index in [9.17, 15) is 4.79 Å². The molecule has 1 saturated carbocycles. The number of aryl methyl sites for hydroxylation is 1. The SMILES string of the molecule is Cn1nc(C2CCN(CC3OCCO3)CC2)n(C2CCCC2)c1=O. The second-order valence-electron chi connectivity index (χ2n) is 7.32. The first-order valence-electron chi connectivity index (χ1n) is 9.33. The molecule has 3 aliphatic rings. The number of hydrogen-bond acceptors (Lipinski definition) is 5. The molecule has 7 heteroatoms. The fourth-order valence-electron chi connectivity index (χ4n) is 4.38. The smallest absolute Gasteiger partial charge is 0.345 e. The van der Waals surface area contributed by atoms with Crippen molar-refractivity contribution in [3.63, 3.8) is 0 Å². The number of piperidine rings is 1. The fourth-order valence-corrected chi connectivity index (χ4v) is 4.38. The van der Waals surface area contributed by atoms with Gasteiger partial charge in [0.05, 0.1) is 13.2 Å². The molecule has 7 nitrogen and oxygen atoms in total. The van der Waals surface area contributed by atoms with Crippen LogP contribution >= 0.6 is 0 Å². The normalized spacial score (nSPS) is 25.0. The van der Waals surface area contributed by atoms with Crippen molar-refractivity contribution < 1.29 is 9.47 Å². The maximum absolute atomic E-state index is 12.5. The van der Waals surface area contributed by atoms with Crippen LogP contribution in [0, 0.1) is 0 Å². The van der Waals surface area contributed by atoms with Gasteiger partial charge in [0.25, 0.3) is 0 Å². The van der Waals surface area contributed by atoms with E-state index in [4.69, 9.17) is 9.47 Å². The van der Waals surface area contributed by atoms with Gasteiger partial charge in [-0.2, -0.15) is 5.10 Å². The first kappa shape index (κ1) is 16.3. The molecule has 3 heterocycles. The monoisotopic (exact) mass is 336 g/mol. The van der Waals surface area contributed by atoms with Crippen LogP contribution in [0.5, 0.6) is 0 Å². The highest BCUT2D eigenvalue weighted by Gasteiger charge is 2.31. The van der Waals surface area contributed by atoms with Crippen molar-refractivity contribution in [1.29, 1.82) is 0 Å². The third kappa shape index (κ3) is 3.17. The summed E-state index contributed by atoms with van der Waals surface area (Å²) in [5.74, 6) is 1.41. The van der Waals surface area contributed by atoms with Crippen molar-refractivity contribution >= 4 is 0 Å². The van der Waals surface area contributed by atoms with E-state index in [1.54, 1.807) is 7.05 Å². The molecular weight excluding hydrogens is 308 g/mol. The summed E-state index contributed by atoms with van der Waals surface area (Å²) >= 11 is 0. The highest BCUT2D eigenvalue weighted by atomic mass is 16.7. The van der Waals surface area contributed by atoms with Crippen molar-refractivity contribution in [3.8, 4) is 0 Å². The summed E-state index contributed by atoms with van der Waals surface area (Å²) in [5, 5.41) is 4.61. The van der Waals surface area contributed by atoms with E-state index in [0.29, 0.717) is 25.2 Å². The molecule has 1 aromatic heterocycles. The number of nitrogens with zero attached hydrogens (tertiary/aromatic N) is 4. The predicted molar refractivity (Wildman–Crippen MR) is 89.1 cm³/mol. The Kier molecular flexibility index (Phi) is 4.74. The largest absolute Gasteiger partial charge is 0.349 e. The zero-order chi connectivity index (χ0) is 16.5. The summed E-state index contributed by atoms with van der Waals surface area (Å²) in [4.78, 5) is 14.9. The van der Waals surface area contributed by atoms with Crippen LogP contribution in [0.4, 0.5) is 0 Å². The van der Waals surface area contributed by atoms with Crippen LogP contribution in [-0.4, -0.2) is 58.4 Å². The molecule has 2 saturated heterocycles. The molecule has 0 unspecified atom stereocenters. The van der Waals surface area contributed by atoms with Gasteiger partial charge in [0.2, 0.25) is 0 Å². The van der Waals surface area contributed by atoms with Gasteiger partial charge in [-0.3, -0.25) is 9.47 Å². The molecule has 24 heavy (non-hydrogen) atoms. The number of hydrogen-bond donors (Lipinski definition) is 0. The zero-order valence-electron chi connectivity index (χ0n) is 14.5. The lowest BCUT2D eigenvalue weighted by Gasteiger charge is -2.32. The molecule has 4 rings (SSSR count). The van der Waals surface area contributed by atoms with Gasteiger partial charge in [0.15, 0.2) is 6.29 Å². The maximum atomic E-state index is 12.5. The highest BCUT2D eigenvalue weighted by molar-refractivity contribution is 5.02. The number of likely N-dealkylation sites (tertiary alicyclic amines) is 1. The molecule has 0 radical (unpaired) electrons. The summed E-state index contributed by atoms with van der Waals surface area (Å²) < 4.78 is 14.6. The van der Waals surface area contributed by atoms with E-state index in [1.165, 1.54) is 17.5 Å². The molecule has 3 fully saturated rings. The maximum Gasteiger partial charge on any atom is 0.345 e. The van der Waals surface area contributed by atoms with Gasteiger partial charge >= 0.3 is 5.69 Å². The lowest BCUT2D eigenvalue weighted by Crippen LogP contribution is -2.39. The number of rotatable bonds is 4. The summed E-state index contributed by atoms with van der Waals surface area (Å²) in [6.45, 7) is 4.31. The van der Waals surface area contributed by atoms with Crippen LogP contribution < -0.4 is 5.69 Å². The quantitative estimate of drug-likeness (QED) is 0.828. The van der Waals surface area contributed by atoms with Crippen LogP contribution in [0.15, 0.2) is 4.79 Å². The van der Waals surface area contributed by atoms with E-state index < -0.39 is 0 Å². The summed E-state index contributed by atoms with van der Waals surface area (Å²) in [5.41, 5.74) is 0.0621. The van der Waals surface area contributed by atoms with Crippen molar-refractivity contribution in [2.24, 2.45) is 7.05 Å². The van der Waals surface area contributed by atoms with Crippen LogP contribution in [0.3, 0.4) is 0 Å². The summed E-state index contributed by atoms with van der Waals surface area (Å²) in [6, 6.07) is 0.361. The third-order valence-electron chi connectivity index (χ3n) is 5.72. The van der Waals surface area contributed by atoms with E-state index in [0.717, 1.165) is 51.1 Å². The molecule has 0 bridgehead atoms. The molecule has 0 aromatic carbocycles. The Morgan fingerprint density at radius 1 is 1.08 bits per heavy atom. The van der Waals surface area contributed by atoms with Gasteiger partial charge in [0.1, 0.15) is 5.82 Å². The van der Waals surface area contributed by atoms with E-state index in [-0.39, 0.29) is 12.0 Å². The Labute approximate surface area is 142 Å². The predicted octanol–water partition coefficient (Wildman–Crippen LogP) is 1.25. The van der Waals surface area contributed by atoms with Gasteiger partial charge < -0.3 is 9.47 Å². The lowest BCUT2D eigenvalue weighted by atomic mass is 9.95. The van der Waals surface area contributed by atoms with Crippen molar-refractivity contribution in [2.45, 2.75) is 56.8 Å². The topological polar surface area (TPSA) is 61.5 Å². The lowest BCUT2D eigenvalue weighted by molar-refractivity contribution is -0.0649. The Morgan fingerprint density at radius 3 is 2.42 bits per heavy atom. The average Bonchev–Trinajstić information content (AvgIpc) is 3.32. The third-order valence-corrected chi connectivity index (χ3v) is 5.72. The minimum Gasteiger partial charge on any atom is -0.349 e. The van der Waals surface area contributed by atoms with Gasteiger partial charge in [-0.05, 0) is 38.8 Å². The molecule has 0 atom stereocenters.